The number of amides is 1. The summed E-state index contributed by atoms with van der Waals surface area (Å²) in [5, 5.41) is 3.29. The van der Waals surface area contributed by atoms with Crippen LogP contribution < -0.4 is 10.0 Å². The fraction of sp³-hybridized carbons (Fsp3) is 0.588. The summed E-state index contributed by atoms with van der Waals surface area (Å²) in [7, 11) is -3.40. The zero-order valence-corrected chi connectivity index (χ0v) is 14.6. The second-order valence-electron chi connectivity index (χ2n) is 6.52. The van der Waals surface area contributed by atoms with E-state index in [1.54, 1.807) is 24.3 Å². The van der Waals surface area contributed by atoms with E-state index >= 15 is 0 Å². The quantitative estimate of drug-likeness (QED) is 0.798. The highest BCUT2D eigenvalue weighted by molar-refractivity contribution is 7.89. The van der Waals surface area contributed by atoms with Gasteiger partial charge in [-0.3, -0.25) is 4.79 Å². The van der Waals surface area contributed by atoms with Gasteiger partial charge in [-0.05, 0) is 49.9 Å². The lowest BCUT2D eigenvalue weighted by Crippen LogP contribution is -2.34. The van der Waals surface area contributed by atoms with Crippen LogP contribution in [-0.2, 0) is 21.2 Å². The fourth-order valence-corrected chi connectivity index (χ4v) is 4.13. The van der Waals surface area contributed by atoms with E-state index in [2.05, 4.69) is 10.0 Å². The van der Waals surface area contributed by atoms with E-state index in [1.807, 2.05) is 4.90 Å². The number of hydrogen-bond donors (Lipinski definition) is 2. The first-order valence-electron chi connectivity index (χ1n) is 8.64. The molecule has 24 heavy (non-hydrogen) atoms. The van der Waals surface area contributed by atoms with E-state index in [-0.39, 0.29) is 11.9 Å². The number of hydrogen-bond acceptors (Lipinski definition) is 4. The summed E-state index contributed by atoms with van der Waals surface area (Å²) in [6.45, 7) is 3.40. The van der Waals surface area contributed by atoms with Crippen molar-refractivity contribution in [1.29, 1.82) is 0 Å². The Morgan fingerprint density at radius 1 is 1.17 bits per heavy atom. The van der Waals surface area contributed by atoms with Crippen molar-refractivity contribution in [3.05, 3.63) is 29.8 Å². The maximum absolute atomic E-state index is 12.3. The van der Waals surface area contributed by atoms with Gasteiger partial charge in [0.15, 0.2) is 0 Å². The number of aryl methyl sites for hydroxylation is 1. The van der Waals surface area contributed by atoms with E-state index in [0.29, 0.717) is 17.7 Å². The standard InChI is InChI=1S/C17H25N3O3S/c21-17(20-12-1-10-18-11-13-20)9-4-14-2-7-16(8-3-14)24(22,23)19-15-5-6-15/h2-3,7-8,15,18-19H,1,4-6,9-13H2. The molecule has 0 spiro atoms. The maximum Gasteiger partial charge on any atom is 0.240 e. The molecule has 1 aliphatic carbocycles. The second-order valence-corrected chi connectivity index (χ2v) is 8.24. The highest BCUT2D eigenvalue weighted by Gasteiger charge is 2.27. The van der Waals surface area contributed by atoms with Gasteiger partial charge in [0.2, 0.25) is 15.9 Å². The second kappa shape index (κ2) is 7.63. The first kappa shape index (κ1) is 17.4. The summed E-state index contributed by atoms with van der Waals surface area (Å²) < 4.78 is 26.9. The number of sulfonamides is 1. The summed E-state index contributed by atoms with van der Waals surface area (Å²) in [6.07, 6.45) is 3.94. The topological polar surface area (TPSA) is 78.5 Å². The smallest absolute Gasteiger partial charge is 0.240 e. The SMILES string of the molecule is O=C(CCc1ccc(S(=O)(=O)NC2CC2)cc1)N1CCCNCC1. The molecule has 0 unspecified atom stereocenters. The van der Waals surface area contributed by atoms with Gasteiger partial charge in [0, 0.05) is 32.1 Å². The average Bonchev–Trinajstić information content (AvgIpc) is 3.39. The molecule has 1 heterocycles. The molecule has 2 fully saturated rings. The molecule has 2 N–H and O–H groups in total. The Kier molecular flexibility index (Phi) is 5.53. The first-order chi connectivity index (χ1) is 11.5. The molecule has 1 aromatic carbocycles. The van der Waals surface area contributed by atoms with E-state index in [1.165, 1.54) is 0 Å². The lowest BCUT2D eigenvalue weighted by Gasteiger charge is -2.19. The molecule has 0 radical (unpaired) electrons. The van der Waals surface area contributed by atoms with Crippen LogP contribution in [0.15, 0.2) is 29.2 Å². The van der Waals surface area contributed by atoms with Gasteiger partial charge in [0.05, 0.1) is 4.90 Å². The third-order valence-electron chi connectivity index (χ3n) is 4.45. The van der Waals surface area contributed by atoms with Crippen molar-refractivity contribution in [3.8, 4) is 0 Å². The molecule has 1 aromatic rings. The molecule has 0 atom stereocenters. The molecule has 0 aromatic heterocycles. The predicted octanol–water partition coefficient (Wildman–Crippen LogP) is 0.882. The van der Waals surface area contributed by atoms with Gasteiger partial charge in [0.1, 0.15) is 0 Å². The lowest BCUT2D eigenvalue weighted by atomic mass is 10.1. The van der Waals surface area contributed by atoms with Gasteiger partial charge < -0.3 is 10.2 Å². The van der Waals surface area contributed by atoms with Crippen molar-refractivity contribution in [3.63, 3.8) is 0 Å². The van der Waals surface area contributed by atoms with Crippen molar-refractivity contribution >= 4 is 15.9 Å². The molecule has 3 rings (SSSR count). The monoisotopic (exact) mass is 351 g/mol. The van der Waals surface area contributed by atoms with Gasteiger partial charge >= 0.3 is 0 Å². The van der Waals surface area contributed by atoms with Crippen LogP contribution in [0.1, 0.15) is 31.2 Å². The number of rotatable bonds is 6. The summed E-state index contributed by atoms with van der Waals surface area (Å²) in [5.41, 5.74) is 0.988. The number of nitrogens with zero attached hydrogens (tertiary/aromatic N) is 1. The zero-order valence-electron chi connectivity index (χ0n) is 13.8. The molecule has 6 nitrogen and oxygen atoms in total. The largest absolute Gasteiger partial charge is 0.341 e. The predicted molar refractivity (Wildman–Crippen MR) is 92.2 cm³/mol. The minimum Gasteiger partial charge on any atom is -0.341 e. The van der Waals surface area contributed by atoms with Crippen LogP contribution >= 0.6 is 0 Å². The first-order valence-corrected chi connectivity index (χ1v) is 10.1. The highest BCUT2D eigenvalue weighted by atomic mass is 32.2. The number of carbonyl (C=O) groups is 1. The number of benzene rings is 1. The molecular formula is C17H25N3O3S. The molecule has 7 heteroatoms. The highest BCUT2D eigenvalue weighted by Crippen LogP contribution is 2.22. The summed E-state index contributed by atoms with van der Waals surface area (Å²) >= 11 is 0. The molecule has 1 saturated heterocycles. The molecule has 1 saturated carbocycles. The Labute approximate surface area is 143 Å². The Hall–Kier alpha value is -1.44. The van der Waals surface area contributed by atoms with Crippen molar-refractivity contribution in [2.45, 2.75) is 43.0 Å². The molecule has 2 aliphatic rings. The van der Waals surface area contributed by atoms with E-state index in [0.717, 1.165) is 51.0 Å². The van der Waals surface area contributed by atoms with Crippen LogP contribution in [0.4, 0.5) is 0 Å². The molecule has 132 valence electrons. The minimum absolute atomic E-state index is 0.107. The van der Waals surface area contributed by atoms with E-state index in [9.17, 15) is 13.2 Å². The number of carbonyl (C=O) groups excluding carboxylic acids is 1. The average molecular weight is 351 g/mol. The fourth-order valence-electron chi connectivity index (χ4n) is 2.83. The van der Waals surface area contributed by atoms with Gasteiger partial charge in [-0.15, -0.1) is 0 Å². The Morgan fingerprint density at radius 3 is 2.62 bits per heavy atom. The van der Waals surface area contributed by atoms with Gasteiger partial charge in [-0.1, -0.05) is 12.1 Å². The third kappa shape index (κ3) is 4.78. The van der Waals surface area contributed by atoms with Crippen molar-refractivity contribution in [2.24, 2.45) is 0 Å². The van der Waals surface area contributed by atoms with Gasteiger partial charge in [-0.25, -0.2) is 13.1 Å². The summed E-state index contributed by atoms with van der Waals surface area (Å²) in [4.78, 5) is 14.5. The van der Waals surface area contributed by atoms with Crippen LogP contribution in [0.5, 0.6) is 0 Å². The Bertz CT molecular complexity index is 661. The van der Waals surface area contributed by atoms with Crippen LogP contribution in [-0.4, -0.2) is 51.4 Å². The molecular weight excluding hydrogens is 326 g/mol. The van der Waals surface area contributed by atoms with Crippen molar-refractivity contribution in [2.75, 3.05) is 26.2 Å². The van der Waals surface area contributed by atoms with Gasteiger partial charge in [-0.2, -0.15) is 0 Å². The minimum atomic E-state index is -3.40. The molecule has 1 amide bonds. The van der Waals surface area contributed by atoms with Crippen LogP contribution in [0, 0.1) is 0 Å². The van der Waals surface area contributed by atoms with Crippen LogP contribution in [0.3, 0.4) is 0 Å². The maximum atomic E-state index is 12.3. The third-order valence-corrected chi connectivity index (χ3v) is 5.99. The number of nitrogens with one attached hydrogen (secondary N) is 2. The Morgan fingerprint density at radius 2 is 1.92 bits per heavy atom. The van der Waals surface area contributed by atoms with Crippen LogP contribution in [0.25, 0.3) is 0 Å². The van der Waals surface area contributed by atoms with E-state index < -0.39 is 10.0 Å². The van der Waals surface area contributed by atoms with Crippen LogP contribution in [0.2, 0.25) is 0 Å². The van der Waals surface area contributed by atoms with Gasteiger partial charge in [0.25, 0.3) is 0 Å². The lowest BCUT2D eigenvalue weighted by molar-refractivity contribution is -0.130. The molecule has 1 aliphatic heterocycles. The summed E-state index contributed by atoms with van der Waals surface area (Å²) in [6, 6.07) is 6.97. The Balaban J connectivity index is 1.53. The van der Waals surface area contributed by atoms with Crippen molar-refractivity contribution < 1.29 is 13.2 Å². The zero-order chi connectivity index (χ0) is 17.0. The summed E-state index contributed by atoms with van der Waals surface area (Å²) in [5.74, 6) is 0.172. The van der Waals surface area contributed by atoms with E-state index in [4.69, 9.17) is 0 Å². The van der Waals surface area contributed by atoms with Crippen molar-refractivity contribution in [1.82, 2.24) is 14.9 Å². The molecule has 0 bridgehead atoms. The normalized spacial score (nSPS) is 19.1.